The van der Waals surface area contributed by atoms with Crippen molar-refractivity contribution in [2.75, 3.05) is 0 Å². The van der Waals surface area contributed by atoms with Gasteiger partial charge in [-0.3, -0.25) is 0 Å². The van der Waals surface area contributed by atoms with Crippen LogP contribution in [0.1, 0.15) is 83.1 Å². The molecule has 0 radical (unpaired) electrons. The van der Waals surface area contributed by atoms with Gasteiger partial charge in [-0.1, -0.05) is 108 Å². The summed E-state index contributed by atoms with van der Waals surface area (Å²) in [7, 11) is 0. The van der Waals surface area contributed by atoms with Crippen LogP contribution in [-0.2, 0) is 6.42 Å². The zero-order chi connectivity index (χ0) is 15.9. The maximum absolute atomic E-state index is 4.02. The normalized spacial score (nSPS) is 12.2. The Labute approximate surface area is 139 Å². The van der Waals surface area contributed by atoms with Crippen LogP contribution in [0.4, 0.5) is 0 Å². The predicted octanol–water partition coefficient (Wildman–Crippen LogP) is 7.34. The molecule has 0 aromatic heterocycles. The van der Waals surface area contributed by atoms with E-state index in [1.165, 1.54) is 76.2 Å². The Kier molecular flexibility index (Phi) is 11.8. The van der Waals surface area contributed by atoms with E-state index in [0.717, 1.165) is 6.42 Å². The van der Waals surface area contributed by atoms with Crippen LogP contribution in [0, 0.1) is 5.92 Å². The van der Waals surface area contributed by atoms with Crippen molar-refractivity contribution >= 4 is 0 Å². The summed E-state index contributed by atoms with van der Waals surface area (Å²) >= 11 is 0. The Morgan fingerprint density at radius 2 is 1.36 bits per heavy atom. The van der Waals surface area contributed by atoms with Gasteiger partial charge in [0.05, 0.1) is 0 Å². The molecule has 0 aliphatic heterocycles. The van der Waals surface area contributed by atoms with Gasteiger partial charge in [0, 0.05) is 0 Å². The lowest BCUT2D eigenvalue weighted by Gasteiger charge is -2.12. The van der Waals surface area contributed by atoms with Crippen LogP contribution in [0.2, 0.25) is 0 Å². The molecule has 1 aromatic carbocycles. The van der Waals surface area contributed by atoms with Crippen molar-refractivity contribution in [2.24, 2.45) is 5.92 Å². The van der Waals surface area contributed by atoms with E-state index < -0.39 is 0 Å². The Hall–Kier alpha value is -1.04. The standard InChI is InChI=1S/C22H36/c1-3-5-6-7-8-9-10-11-12-14-17-21(4-2)20-22-18-15-13-16-19-22/h4,13,15-16,18-19,21H,2-3,5-12,14,17,20H2,1H3. The van der Waals surface area contributed by atoms with Crippen LogP contribution in [0.15, 0.2) is 43.0 Å². The maximum Gasteiger partial charge on any atom is -0.0196 e. The van der Waals surface area contributed by atoms with Crippen LogP contribution in [0.3, 0.4) is 0 Å². The van der Waals surface area contributed by atoms with Crippen LogP contribution in [-0.4, -0.2) is 0 Å². The molecule has 1 rings (SSSR count). The first kappa shape index (κ1) is 19.0. The Morgan fingerprint density at radius 3 is 1.91 bits per heavy atom. The third-order valence-corrected chi connectivity index (χ3v) is 4.60. The molecule has 0 saturated carbocycles. The van der Waals surface area contributed by atoms with Crippen LogP contribution in [0.25, 0.3) is 0 Å². The van der Waals surface area contributed by atoms with Gasteiger partial charge in [0.2, 0.25) is 0 Å². The third-order valence-electron chi connectivity index (χ3n) is 4.60. The number of rotatable bonds is 14. The van der Waals surface area contributed by atoms with E-state index in [4.69, 9.17) is 0 Å². The van der Waals surface area contributed by atoms with Gasteiger partial charge in [0.1, 0.15) is 0 Å². The number of hydrogen-bond acceptors (Lipinski definition) is 0. The zero-order valence-electron chi connectivity index (χ0n) is 14.7. The minimum atomic E-state index is 0.649. The van der Waals surface area contributed by atoms with Crippen molar-refractivity contribution < 1.29 is 0 Å². The fraction of sp³-hybridized carbons (Fsp3) is 0.636. The van der Waals surface area contributed by atoms with E-state index in [0.29, 0.717) is 5.92 Å². The highest BCUT2D eigenvalue weighted by molar-refractivity contribution is 5.16. The molecular weight excluding hydrogens is 264 g/mol. The summed E-state index contributed by atoms with van der Waals surface area (Å²) in [5.74, 6) is 0.649. The molecule has 0 aliphatic carbocycles. The van der Waals surface area contributed by atoms with Crippen molar-refractivity contribution in [3.63, 3.8) is 0 Å². The fourth-order valence-electron chi connectivity index (χ4n) is 3.11. The van der Waals surface area contributed by atoms with Crippen molar-refractivity contribution in [2.45, 2.75) is 84.0 Å². The first-order chi connectivity index (χ1) is 10.9. The summed E-state index contributed by atoms with van der Waals surface area (Å²) in [5.41, 5.74) is 1.44. The third kappa shape index (κ3) is 9.82. The minimum Gasteiger partial charge on any atom is -0.103 e. The van der Waals surface area contributed by atoms with Crippen molar-refractivity contribution in [1.82, 2.24) is 0 Å². The molecule has 0 fully saturated rings. The molecule has 124 valence electrons. The molecule has 0 saturated heterocycles. The van der Waals surface area contributed by atoms with E-state index in [1.54, 1.807) is 0 Å². The highest BCUT2D eigenvalue weighted by Gasteiger charge is 2.05. The molecule has 0 heteroatoms. The summed E-state index contributed by atoms with van der Waals surface area (Å²) in [5, 5.41) is 0. The zero-order valence-corrected chi connectivity index (χ0v) is 14.7. The quantitative estimate of drug-likeness (QED) is 0.249. The van der Waals surface area contributed by atoms with Gasteiger partial charge in [0.25, 0.3) is 0 Å². The molecule has 1 aromatic rings. The molecule has 0 amide bonds. The molecule has 0 nitrogen and oxygen atoms in total. The van der Waals surface area contributed by atoms with E-state index in [1.807, 2.05) is 0 Å². The molecule has 0 bridgehead atoms. The molecule has 22 heavy (non-hydrogen) atoms. The minimum absolute atomic E-state index is 0.649. The molecule has 0 spiro atoms. The van der Waals surface area contributed by atoms with Crippen LogP contribution < -0.4 is 0 Å². The second kappa shape index (κ2) is 13.6. The predicted molar refractivity (Wildman–Crippen MR) is 100 cm³/mol. The maximum atomic E-state index is 4.02. The van der Waals surface area contributed by atoms with Gasteiger partial charge < -0.3 is 0 Å². The number of allylic oxidation sites excluding steroid dienone is 1. The highest BCUT2D eigenvalue weighted by atomic mass is 14.1. The van der Waals surface area contributed by atoms with Gasteiger partial charge in [-0.2, -0.15) is 0 Å². The van der Waals surface area contributed by atoms with Crippen molar-refractivity contribution in [1.29, 1.82) is 0 Å². The molecular formula is C22H36. The molecule has 1 unspecified atom stereocenters. The van der Waals surface area contributed by atoms with Gasteiger partial charge in [-0.25, -0.2) is 0 Å². The van der Waals surface area contributed by atoms with Crippen LogP contribution in [0.5, 0.6) is 0 Å². The van der Waals surface area contributed by atoms with E-state index in [9.17, 15) is 0 Å². The SMILES string of the molecule is C=CC(CCCCCCCCCCCC)Cc1ccccc1. The summed E-state index contributed by atoms with van der Waals surface area (Å²) in [6.07, 6.45) is 18.8. The average Bonchev–Trinajstić information content (AvgIpc) is 2.56. The molecule has 1 atom stereocenters. The lowest BCUT2D eigenvalue weighted by molar-refractivity contribution is 0.508. The van der Waals surface area contributed by atoms with Crippen molar-refractivity contribution in [3.05, 3.63) is 48.6 Å². The van der Waals surface area contributed by atoms with Gasteiger partial charge >= 0.3 is 0 Å². The number of hydrogen-bond donors (Lipinski definition) is 0. The van der Waals surface area contributed by atoms with E-state index in [-0.39, 0.29) is 0 Å². The highest BCUT2D eigenvalue weighted by Crippen LogP contribution is 2.18. The molecule has 0 N–H and O–H groups in total. The summed E-state index contributed by atoms with van der Waals surface area (Å²) in [6.45, 7) is 6.31. The first-order valence-electron chi connectivity index (χ1n) is 9.53. The van der Waals surface area contributed by atoms with Gasteiger partial charge in [-0.15, -0.1) is 6.58 Å². The first-order valence-corrected chi connectivity index (χ1v) is 9.53. The number of benzene rings is 1. The smallest absolute Gasteiger partial charge is 0.0196 e. The van der Waals surface area contributed by atoms with Gasteiger partial charge in [-0.05, 0) is 24.3 Å². The molecule has 0 aliphatic rings. The summed E-state index contributed by atoms with van der Waals surface area (Å²) in [6, 6.07) is 10.8. The monoisotopic (exact) mass is 300 g/mol. The number of unbranched alkanes of at least 4 members (excludes halogenated alkanes) is 9. The second-order valence-electron chi connectivity index (χ2n) is 6.66. The second-order valence-corrected chi connectivity index (χ2v) is 6.66. The lowest BCUT2D eigenvalue weighted by atomic mass is 9.93. The summed E-state index contributed by atoms with van der Waals surface area (Å²) in [4.78, 5) is 0. The lowest BCUT2D eigenvalue weighted by Crippen LogP contribution is -2.01. The Morgan fingerprint density at radius 1 is 0.818 bits per heavy atom. The van der Waals surface area contributed by atoms with E-state index >= 15 is 0 Å². The molecule has 0 heterocycles. The van der Waals surface area contributed by atoms with Crippen molar-refractivity contribution in [3.8, 4) is 0 Å². The largest absolute Gasteiger partial charge is 0.103 e. The Balaban J connectivity index is 1.97. The topological polar surface area (TPSA) is 0 Å². The van der Waals surface area contributed by atoms with Gasteiger partial charge in [0.15, 0.2) is 0 Å². The van der Waals surface area contributed by atoms with E-state index in [2.05, 4.69) is 49.9 Å². The fourth-order valence-corrected chi connectivity index (χ4v) is 3.11. The average molecular weight is 301 g/mol. The van der Waals surface area contributed by atoms with Crippen LogP contribution >= 0.6 is 0 Å². The summed E-state index contributed by atoms with van der Waals surface area (Å²) < 4.78 is 0. The Bertz CT molecular complexity index is 352.